The predicted octanol–water partition coefficient (Wildman–Crippen LogP) is 3.62. The number of benzene rings is 2. The highest BCUT2D eigenvalue weighted by atomic mass is 19.1. The lowest BCUT2D eigenvalue weighted by Gasteiger charge is -2.09. The van der Waals surface area contributed by atoms with Gasteiger partial charge >= 0.3 is 0 Å². The van der Waals surface area contributed by atoms with Gasteiger partial charge in [-0.2, -0.15) is 5.26 Å². The minimum atomic E-state index is -0.244. The van der Waals surface area contributed by atoms with Crippen molar-refractivity contribution in [3.05, 3.63) is 65.0 Å². The second-order valence-electron chi connectivity index (χ2n) is 4.14. The van der Waals surface area contributed by atoms with Crippen LogP contribution in [0, 0.1) is 24.1 Å². The zero-order valence-electron chi connectivity index (χ0n) is 10.1. The van der Waals surface area contributed by atoms with E-state index in [4.69, 9.17) is 5.26 Å². The lowest BCUT2D eigenvalue weighted by atomic mass is 10.1. The number of aryl methyl sites for hydroxylation is 1. The van der Waals surface area contributed by atoms with Crippen LogP contribution in [0.1, 0.15) is 16.7 Å². The Morgan fingerprint density at radius 3 is 2.56 bits per heavy atom. The zero-order valence-corrected chi connectivity index (χ0v) is 10.1. The first-order valence-electron chi connectivity index (χ1n) is 5.68. The van der Waals surface area contributed by atoms with Gasteiger partial charge in [-0.3, -0.25) is 0 Å². The van der Waals surface area contributed by atoms with E-state index in [0.29, 0.717) is 12.1 Å². The van der Waals surface area contributed by atoms with E-state index in [1.54, 1.807) is 12.1 Å². The Morgan fingerprint density at radius 2 is 1.89 bits per heavy atom. The van der Waals surface area contributed by atoms with Crippen molar-refractivity contribution in [1.82, 2.24) is 0 Å². The molecule has 2 aromatic rings. The van der Waals surface area contributed by atoms with Crippen LogP contribution in [-0.4, -0.2) is 0 Å². The quantitative estimate of drug-likeness (QED) is 0.889. The molecule has 3 heteroatoms. The van der Waals surface area contributed by atoms with Gasteiger partial charge in [0.15, 0.2) is 0 Å². The van der Waals surface area contributed by atoms with Gasteiger partial charge in [-0.25, -0.2) is 4.39 Å². The van der Waals surface area contributed by atoms with Crippen molar-refractivity contribution in [3.63, 3.8) is 0 Å². The van der Waals surface area contributed by atoms with Crippen molar-refractivity contribution in [1.29, 1.82) is 5.26 Å². The molecule has 0 aliphatic rings. The van der Waals surface area contributed by atoms with E-state index in [1.165, 1.54) is 12.1 Å². The van der Waals surface area contributed by atoms with Crippen LogP contribution < -0.4 is 5.32 Å². The van der Waals surface area contributed by atoms with Gasteiger partial charge in [-0.05, 0) is 42.3 Å². The molecule has 0 spiro atoms. The summed E-state index contributed by atoms with van der Waals surface area (Å²) in [6, 6.07) is 14.1. The van der Waals surface area contributed by atoms with Crippen molar-refractivity contribution in [3.8, 4) is 6.07 Å². The van der Waals surface area contributed by atoms with Crippen LogP contribution in [0.3, 0.4) is 0 Å². The Hall–Kier alpha value is -2.34. The molecule has 90 valence electrons. The van der Waals surface area contributed by atoms with Gasteiger partial charge < -0.3 is 5.32 Å². The summed E-state index contributed by atoms with van der Waals surface area (Å²) >= 11 is 0. The molecule has 0 bridgehead atoms. The molecule has 0 aromatic heterocycles. The average molecular weight is 240 g/mol. The number of halogens is 1. The summed E-state index contributed by atoms with van der Waals surface area (Å²) in [6.07, 6.45) is 0. The van der Waals surface area contributed by atoms with Crippen molar-refractivity contribution in [2.45, 2.75) is 13.5 Å². The molecule has 0 atom stereocenters. The summed E-state index contributed by atoms with van der Waals surface area (Å²) in [5.74, 6) is -0.244. The van der Waals surface area contributed by atoms with Crippen LogP contribution in [0.2, 0.25) is 0 Å². The topological polar surface area (TPSA) is 35.8 Å². The maximum atomic E-state index is 12.7. The molecule has 0 heterocycles. The highest BCUT2D eigenvalue weighted by molar-refractivity contribution is 5.58. The normalized spacial score (nSPS) is 9.83. The van der Waals surface area contributed by atoms with Crippen LogP contribution in [0.5, 0.6) is 0 Å². The molecular formula is C15H13FN2. The molecule has 0 saturated heterocycles. The summed E-state index contributed by atoms with van der Waals surface area (Å²) in [6.45, 7) is 2.52. The third-order valence-corrected chi connectivity index (χ3v) is 2.69. The Bertz CT molecular complexity index is 582. The van der Waals surface area contributed by atoms with Crippen molar-refractivity contribution in [2.75, 3.05) is 5.32 Å². The number of rotatable bonds is 3. The minimum absolute atomic E-state index is 0.244. The van der Waals surface area contributed by atoms with Gasteiger partial charge in [-0.1, -0.05) is 18.2 Å². The van der Waals surface area contributed by atoms with Gasteiger partial charge in [0, 0.05) is 6.54 Å². The molecule has 2 rings (SSSR count). The maximum absolute atomic E-state index is 12.7. The van der Waals surface area contributed by atoms with Gasteiger partial charge in [-0.15, -0.1) is 0 Å². The van der Waals surface area contributed by atoms with Crippen LogP contribution in [0.25, 0.3) is 0 Å². The number of hydrogen-bond acceptors (Lipinski definition) is 2. The third-order valence-electron chi connectivity index (χ3n) is 2.69. The lowest BCUT2D eigenvalue weighted by Crippen LogP contribution is -2.01. The fraction of sp³-hybridized carbons (Fsp3) is 0.133. The molecule has 0 saturated carbocycles. The summed E-state index contributed by atoms with van der Waals surface area (Å²) in [7, 11) is 0. The largest absolute Gasteiger partial charge is 0.380 e. The average Bonchev–Trinajstić information content (AvgIpc) is 2.39. The van der Waals surface area contributed by atoms with E-state index >= 15 is 0 Å². The van der Waals surface area contributed by atoms with E-state index in [2.05, 4.69) is 11.4 Å². The fourth-order valence-corrected chi connectivity index (χ4v) is 1.70. The molecule has 2 nitrogen and oxygen atoms in total. The smallest absolute Gasteiger partial charge is 0.123 e. The molecule has 2 aromatic carbocycles. The van der Waals surface area contributed by atoms with E-state index in [-0.39, 0.29) is 5.82 Å². The van der Waals surface area contributed by atoms with Gasteiger partial charge in [0.1, 0.15) is 11.9 Å². The van der Waals surface area contributed by atoms with Crippen molar-refractivity contribution >= 4 is 5.69 Å². The summed E-state index contributed by atoms with van der Waals surface area (Å²) in [4.78, 5) is 0. The predicted molar refractivity (Wildman–Crippen MR) is 69.6 cm³/mol. The van der Waals surface area contributed by atoms with Crippen molar-refractivity contribution < 1.29 is 4.39 Å². The lowest BCUT2D eigenvalue weighted by molar-refractivity contribution is 0.627. The Labute approximate surface area is 106 Å². The Balaban J connectivity index is 2.11. The first kappa shape index (κ1) is 12.1. The standard InChI is InChI=1S/C15H13FN2/c1-11-2-7-15(13(8-11)9-17)18-10-12-3-5-14(16)6-4-12/h2-8,18H,10H2,1H3. The number of nitrogens with zero attached hydrogens (tertiary/aromatic N) is 1. The molecule has 0 amide bonds. The number of nitriles is 1. The molecule has 0 fully saturated rings. The monoisotopic (exact) mass is 240 g/mol. The number of nitrogens with one attached hydrogen (secondary N) is 1. The Kier molecular flexibility index (Phi) is 3.59. The first-order valence-corrected chi connectivity index (χ1v) is 5.68. The highest BCUT2D eigenvalue weighted by Gasteiger charge is 2.02. The number of hydrogen-bond donors (Lipinski definition) is 1. The molecule has 0 radical (unpaired) electrons. The summed E-state index contributed by atoms with van der Waals surface area (Å²) < 4.78 is 12.7. The summed E-state index contributed by atoms with van der Waals surface area (Å²) in [5, 5.41) is 12.2. The molecule has 0 aliphatic carbocycles. The van der Waals surface area contributed by atoms with Crippen LogP contribution in [0.4, 0.5) is 10.1 Å². The molecule has 0 aliphatic heterocycles. The van der Waals surface area contributed by atoms with E-state index < -0.39 is 0 Å². The maximum Gasteiger partial charge on any atom is 0.123 e. The van der Waals surface area contributed by atoms with E-state index in [0.717, 1.165) is 16.8 Å². The van der Waals surface area contributed by atoms with Crippen LogP contribution in [-0.2, 0) is 6.54 Å². The van der Waals surface area contributed by atoms with Crippen molar-refractivity contribution in [2.24, 2.45) is 0 Å². The zero-order chi connectivity index (χ0) is 13.0. The van der Waals surface area contributed by atoms with Gasteiger partial charge in [0.2, 0.25) is 0 Å². The molecule has 1 N–H and O–H groups in total. The van der Waals surface area contributed by atoms with E-state index in [9.17, 15) is 4.39 Å². The second kappa shape index (κ2) is 5.33. The SMILES string of the molecule is Cc1ccc(NCc2ccc(F)cc2)c(C#N)c1. The highest BCUT2D eigenvalue weighted by Crippen LogP contribution is 2.17. The molecular weight excluding hydrogens is 227 g/mol. The summed E-state index contributed by atoms with van der Waals surface area (Å²) in [5.41, 5.74) is 3.45. The minimum Gasteiger partial charge on any atom is -0.380 e. The van der Waals surface area contributed by atoms with Gasteiger partial charge in [0.05, 0.1) is 11.3 Å². The van der Waals surface area contributed by atoms with Gasteiger partial charge in [0.25, 0.3) is 0 Å². The van der Waals surface area contributed by atoms with Crippen LogP contribution in [0.15, 0.2) is 42.5 Å². The molecule has 18 heavy (non-hydrogen) atoms. The second-order valence-corrected chi connectivity index (χ2v) is 4.14. The van der Waals surface area contributed by atoms with Crippen LogP contribution >= 0.6 is 0 Å². The first-order chi connectivity index (χ1) is 8.69. The Morgan fingerprint density at radius 1 is 1.17 bits per heavy atom. The van der Waals surface area contributed by atoms with E-state index in [1.807, 2.05) is 25.1 Å². The fourth-order valence-electron chi connectivity index (χ4n) is 1.70. The molecule has 0 unspecified atom stereocenters. The number of anilines is 1. The third kappa shape index (κ3) is 2.86.